The molecule has 0 amide bonds. The quantitative estimate of drug-likeness (QED) is 0.198. The molecule has 0 radical (unpaired) electrons. The van der Waals surface area contributed by atoms with E-state index in [2.05, 4.69) is 20.3 Å². The smallest absolute Gasteiger partial charge is 0.389 e. The van der Waals surface area contributed by atoms with Crippen molar-refractivity contribution in [3.63, 3.8) is 0 Å². The van der Waals surface area contributed by atoms with Crippen molar-refractivity contribution in [2.45, 2.75) is 43.2 Å². The van der Waals surface area contributed by atoms with Gasteiger partial charge in [0, 0.05) is 12.2 Å². The number of fused-ring (bicyclic) bond motifs is 1. The van der Waals surface area contributed by atoms with Crippen LogP contribution in [-0.4, -0.2) is 62.2 Å². The predicted molar refractivity (Wildman–Crippen MR) is 98.7 cm³/mol. The van der Waals surface area contributed by atoms with Gasteiger partial charge in [0.2, 0.25) is 0 Å². The van der Waals surface area contributed by atoms with Crippen LogP contribution in [0.2, 0.25) is 5.15 Å². The Morgan fingerprint density at radius 2 is 2.17 bits per heavy atom. The number of halogens is 4. The van der Waals surface area contributed by atoms with Crippen LogP contribution in [-0.2, 0) is 14.3 Å². The van der Waals surface area contributed by atoms with Crippen LogP contribution in [0.1, 0.15) is 25.8 Å². The zero-order valence-corrected chi connectivity index (χ0v) is 16.8. The lowest BCUT2D eigenvalue weighted by molar-refractivity contribution is -0.149. The topological polar surface area (TPSA) is 92.0 Å². The van der Waals surface area contributed by atoms with E-state index in [1.54, 1.807) is 13.0 Å². The number of aromatic nitrogens is 5. The Labute approximate surface area is 172 Å². The van der Waals surface area contributed by atoms with Crippen LogP contribution >= 0.6 is 23.4 Å². The first kappa shape index (κ1) is 21.8. The second-order valence-electron chi connectivity index (χ2n) is 6.06. The molecule has 0 saturated carbocycles. The molecule has 1 aliphatic carbocycles. The van der Waals surface area contributed by atoms with Gasteiger partial charge >= 0.3 is 12.1 Å². The summed E-state index contributed by atoms with van der Waals surface area (Å²) in [5.41, 5.74) is 0.580. The lowest BCUT2D eigenvalue weighted by Crippen LogP contribution is -2.19. The number of thioether (sulfide) groups is 1. The highest BCUT2D eigenvalue weighted by molar-refractivity contribution is 7.99. The number of hydrogen-bond donors (Lipinski definition) is 0. The maximum atomic E-state index is 12.3. The van der Waals surface area contributed by atoms with Crippen LogP contribution in [0.25, 0.3) is 11.2 Å². The lowest BCUT2D eigenvalue weighted by Gasteiger charge is -2.13. The molecule has 0 aliphatic heterocycles. The van der Waals surface area contributed by atoms with Gasteiger partial charge in [0.25, 0.3) is 0 Å². The Hall–Kier alpha value is -1.92. The number of rotatable bonds is 8. The fourth-order valence-corrected chi connectivity index (χ4v) is 3.73. The van der Waals surface area contributed by atoms with Crippen LogP contribution in [0.5, 0.6) is 0 Å². The number of ether oxygens (including phenoxy) is 2. The van der Waals surface area contributed by atoms with Gasteiger partial charge in [-0.2, -0.15) is 13.2 Å². The van der Waals surface area contributed by atoms with Crippen molar-refractivity contribution in [3.05, 3.63) is 17.3 Å². The standard InChI is InChI=1S/C16H17ClF3N5O3S/c1-2-27-11(26)8-28-10-4-3-9(7-10)25-14-12(23-24-25)13(17)21-15(22-14)29-6-5-16(18,19)20/h3-4,9-10H,2,5-8H2,1H3/t9-,10+/m0/s1. The third-order valence-electron chi connectivity index (χ3n) is 3.93. The molecule has 13 heteroatoms. The largest absolute Gasteiger partial charge is 0.464 e. The molecule has 29 heavy (non-hydrogen) atoms. The monoisotopic (exact) mass is 451 g/mol. The molecule has 0 fully saturated rings. The van der Waals surface area contributed by atoms with Crippen molar-refractivity contribution in [1.29, 1.82) is 0 Å². The maximum Gasteiger partial charge on any atom is 0.389 e. The van der Waals surface area contributed by atoms with Crippen molar-refractivity contribution in [3.8, 4) is 0 Å². The van der Waals surface area contributed by atoms with Crippen LogP contribution in [0.15, 0.2) is 17.3 Å². The molecule has 3 rings (SSSR count). The summed E-state index contributed by atoms with van der Waals surface area (Å²) in [6, 6.07) is -0.258. The molecule has 0 spiro atoms. The molecule has 0 bridgehead atoms. The molecule has 2 aromatic heterocycles. The average Bonchev–Trinajstić information content (AvgIpc) is 3.26. The Kier molecular flexibility index (Phi) is 6.96. The second kappa shape index (κ2) is 9.26. The van der Waals surface area contributed by atoms with Gasteiger partial charge in [-0.05, 0) is 6.92 Å². The molecule has 158 valence electrons. The van der Waals surface area contributed by atoms with E-state index in [9.17, 15) is 18.0 Å². The van der Waals surface area contributed by atoms with E-state index < -0.39 is 18.6 Å². The molecule has 1 aliphatic rings. The Morgan fingerprint density at radius 3 is 2.90 bits per heavy atom. The zero-order valence-electron chi connectivity index (χ0n) is 15.2. The van der Waals surface area contributed by atoms with Crippen LogP contribution in [0.4, 0.5) is 13.2 Å². The summed E-state index contributed by atoms with van der Waals surface area (Å²) in [6.45, 7) is 1.82. The van der Waals surface area contributed by atoms with E-state index in [0.29, 0.717) is 12.1 Å². The van der Waals surface area contributed by atoms with E-state index >= 15 is 0 Å². The van der Waals surface area contributed by atoms with Gasteiger partial charge in [-0.3, -0.25) is 0 Å². The van der Waals surface area contributed by atoms with Crippen molar-refractivity contribution in [1.82, 2.24) is 25.0 Å². The molecule has 0 saturated heterocycles. The van der Waals surface area contributed by atoms with Crippen molar-refractivity contribution >= 4 is 40.5 Å². The van der Waals surface area contributed by atoms with Crippen molar-refractivity contribution in [2.75, 3.05) is 19.0 Å². The average molecular weight is 452 g/mol. The summed E-state index contributed by atoms with van der Waals surface area (Å²) >= 11 is 6.96. The van der Waals surface area contributed by atoms with Gasteiger partial charge in [-0.25, -0.2) is 19.4 Å². The fourth-order valence-electron chi connectivity index (χ4n) is 2.65. The van der Waals surface area contributed by atoms with Gasteiger partial charge in [0.1, 0.15) is 6.61 Å². The molecule has 2 heterocycles. The first-order chi connectivity index (χ1) is 13.8. The number of allylic oxidation sites excluding steroid dienone is 1. The Morgan fingerprint density at radius 1 is 1.38 bits per heavy atom. The molecule has 2 aromatic rings. The Bertz CT molecular complexity index is 908. The zero-order chi connectivity index (χ0) is 21.0. The minimum absolute atomic E-state index is 0.0212. The third kappa shape index (κ3) is 5.80. The number of esters is 1. The van der Waals surface area contributed by atoms with E-state index in [-0.39, 0.29) is 46.9 Å². The molecule has 2 atom stereocenters. The van der Waals surface area contributed by atoms with Gasteiger partial charge < -0.3 is 9.47 Å². The molecule has 0 N–H and O–H groups in total. The number of nitrogens with zero attached hydrogens (tertiary/aromatic N) is 5. The first-order valence-electron chi connectivity index (χ1n) is 8.70. The van der Waals surface area contributed by atoms with E-state index in [1.165, 1.54) is 4.68 Å². The first-order valence-corrected chi connectivity index (χ1v) is 10.1. The molecule has 8 nitrogen and oxygen atoms in total. The van der Waals surface area contributed by atoms with Gasteiger partial charge in [-0.1, -0.05) is 40.7 Å². The fraction of sp³-hybridized carbons (Fsp3) is 0.562. The molecular formula is C16H17ClF3N5O3S. The minimum Gasteiger partial charge on any atom is -0.464 e. The van der Waals surface area contributed by atoms with Crippen molar-refractivity contribution in [2.24, 2.45) is 0 Å². The number of carbonyl (C=O) groups excluding carboxylic acids is 1. The molecular weight excluding hydrogens is 435 g/mol. The van der Waals surface area contributed by atoms with Crippen LogP contribution < -0.4 is 0 Å². The van der Waals surface area contributed by atoms with E-state index in [1.807, 2.05) is 6.08 Å². The van der Waals surface area contributed by atoms with Crippen molar-refractivity contribution < 1.29 is 27.4 Å². The summed E-state index contributed by atoms with van der Waals surface area (Å²) in [5, 5.41) is 8.15. The highest BCUT2D eigenvalue weighted by Gasteiger charge is 2.28. The Balaban J connectivity index is 1.68. The minimum atomic E-state index is -4.25. The third-order valence-corrected chi connectivity index (χ3v) is 5.05. The SMILES string of the molecule is CCOC(=O)CO[C@@H]1C=C[C@H](n2nnc3c(Cl)nc(SCCC(F)(F)F)nc32)C1. The summed E-state index contributed by atoms with van der Waals surface area (Å²) < 4.78 is 48.9. The molecule has 0 aromatic carbocycles. The van der Waals surface area contributed by atoms with Crippen LogP contribution in [0, 0.1) is 0 Å². The highest BCUT2D eigenvalue weighted by Crippen LogP contribution is 2.30. The van der Waals surface area contributed by atoms with Gasteiger partial charge in [0.15, 0.2) is 21.5 Å². The lowest BCUT2D eigenvalue weighted by atomic mass is 10.2. The number of alkyl halides is 3. The summed E-state index contributed by atoms with van der Waals surface area (Å²) in [6.07, 6.45) is -1.43. The number of carbonyl (C=O) groups is 1. The predicted octanol–water partition coefficient (Wildman–Crippen LogP) is 3.37. The second-order valence-corrected chi connectivity index (χ2v) is 7.48. The summed E-state index contributed by atoms with van der Waals surface area (Å²) in [4.78, 5) is 19.7. The van der Waals surface area contributed by atoms with E-state index in [0.717, 1.165) is 11.8 Å². The number of hydrogen-bond acceptors (Lipinski definition) is 8. The summed E-state index contributed by atoms with van der Waals surface area (Å²) in [5.74, 6) is -0.671. The van der Waals surface area contributed by atoms with Gasteiger partial charge in [-0.15, -0.1) is 5.10 Å². The van der Waals surface area contributed by atoms with Crippen LogP contribution in [0.3, 0.4) is 0 Å². The highest BCUT2D eigenvalue weighted by atomic mass is 35.5. The maximum absolute atomic E-state index is 12.3. The summed E-state index contributed by atoms with van der Waals surface area (Å²) in [7, 11) is 0. The normalized spacial score (nSPS) is 19.2. The van der Waals surface area contributed by atoms with Gasteiger partial charge in [0.05, 0.1) is 25.2 Å². The van der Waals surface area contributed by atoms with E-state index in [4.69, 9.17) is 21.1 Å². The molecule has 0 unspecified atom stereocenters.